The second-order valence-electron chi connectivity index (χ2n) is 4.77. The molecule has 160 valence electrons. The fourth-order valence-electron chi connectivity index (χ4n) is 1.84. The van der Waals surface area contributed by atoms with Gasteiger partial charge < -0.3 is 24.6 Å². The highest BCUT2D eigenvalue weighted by Gasteiger charge is 2.28. The minimum absolute atomic E-state index is 0.0676. The van der Waals surface area contributed by atoms with E-state index in [1.165, 1.54) is 14.2 Å². The number of hydrogen-bond acceptors (Lipinski definition) is 6. The standard InChI is InChI=1S/C9H20NO4P.C3H6.C2H4O2.2C2H6/c1-13-15(12,14-2)7-9(11)6-8-4-3-5-10-8;1-3-2;1-2(3)4;2*1-2/h8-11H,3-7H2,1-2H3;3H,1H2,2H3;1H3,(H,3,4);2*1-2H3. The van der Waals surface area contributed by atoms with Crippen LogP contribution >= 0.6 is 7.60 Å². The number of aliphatic hydroxyl groups is 1. The van der Waals surface area contributed by atoms with Crippen LogP contribution in [0.1, 0.15) is 60.8 Å². The van der Waals surface area contributed by atoms with Crippen molar-refractivity contribution in [3.8, 4) is 0 Å². The Morgan fingerprint density at radius 3 is 1.96 bits per heavy atom. The number of carboxylic acid groups (broad SMARTS) is 1. The average Bonchev–Trinajstić information content (AvgIpc) is 3.11. The van der Waals surface area contributed by atoms with Crippen molar-refractivity contribution in [2.45, 2.75) is 73.0 Å². The lowest BCUT2D eigenvalue weighted by molar-refractivity contribution is -0.134. The second-order valence-corrected chi connectivity index (χ2v) is 7.09. The summed E-state index contributed by atoms with van der Waals surface area (Å²) in [5.74, 6) is -0.833. The maximum atomic E-state index is 11.7. The van der Waals surface area contributed by atoms with Gasteiger partial charge in [-0.25, -0.2) is 0 Å². The van der Waals surface area contributed by atoms with Crippen molar-refractivity contribution < 1.29 is 28.6 Å². The van der Waals surface area contributed by atoms with E-state index in [9.17, 15) is 9.67 Å². The molecule has 0 bridgehead atoms. The lowest BCUT2D eigenvalue weighted by Gasteiger charge is -2.19. The number of carbonyl (C=O) groups is 1. The van der Waals surface area contributed by atoms with E-state index < -0.39 is 19.7 Å². The van der Waals surface area contributed by atoms with E-state index in [-0.39, 0.29) is 6.16 Å². The summed E-state index contributed by atoms with van der Waals surface area (Å²) in [7, 11) is -0.396. The Kier molecular flexibility index (Phi) is 30.7. The Morgan fingerprint density at radius 1 is 1.31 bits per heavy atom. The summed E-state index contributed by atoms with van der Waals surface area (Å²) in [4.78, 5) is 9.00. The van der Waals surface area contributed by atoms with E-state index in [2.05, 4.69) is 11.9 Å². The van der Waals surface area contributed by atoms with Gasteiger partial charge in [-0.1, -0.05) is 33.8 Å². The van der Waals surface area contributed by atoms with Crippen LogP contribution in [0.3, 0.4) is 0 Å². The molecule has 8 heteroatoms. The number of nitrogens with one attached hydrogen (secondary N) is 1. The van der Waals surface area contributed by atoms with Crippen LogP contribution in [0.25, 0.3) is 0 Å². The highest BCUT2D eigenvalue weighted by Crippen LogP contribution is 2.47. The summed E-state index contributed by atoms with van der Waals surface area (Å²) in [5, 5.41) is 20.4. The summed E-state index contributed by atoms with van der Waals surface area (Å²) in [6.07, 6.45) is 4.01. The summed E-state index contributed by atoms with van der Waals surface area (Å²) < 4.78 is 21.3. The van der Waals surface area contributed by atoms with Crippen molar-refractivity contribution in [2.75, 3.05) is 26.9 Å². The maximum absolute atomic E-state index is 11.7. The fraction of sp³-hybridized carbons (Fsp3) is 0.833. The van der Waals surface area contributed by atoms with Crippen LogP contribution < -0.4 is 5.32 Å². The van der Waals surface area contributed by atoms with Crippen LogP contribution in [0.2, 0.25) is 0 Å². The first-order valence-corrected chi connectivity index (χ1v) is 10.9. The van der Waals surface area contributed by atoms with Gasteiger partial charge >= 0.3 is 7.60 Å². The van der Waals surface area contributed by atoms with Gasteiger partial charge in [0.15, 0.2) is 0 Å². The molecule has 0 saturated carbocycles. The minimum atomic E-state index is -3.07. The second kappa shape index (κ2) is 24.3. The van der Waals surface area contributed by atoms with Crippen LogP contribution in [0, 0.1) is 0 Å². The smallest absolute Gasteiger partial charge is 0.332 e. The molecule has 0 aromatic carbocycles. The highest BCUT2D eigenvalue weighted by molar-refractivity contribution is 7.53. The van der Waals surface area contributed by atoms with Crippen molar-refractivity contribution in [1.29, 1.82) is 0 Å². The number of carboxylic acids is 1. The molecule has 1 heterocycles. The first-order valence-electron chi connectivity index (χ1n) is 9.13. The Bertz CT molecular complexity index is 335. The molecular formula is C18H42NO6P. The van der Waals surface area contributed by atoms with E-state index in [1.807, 2.05) is 34.6 Å². The lowest BCUT2D eigenvalue weighted by atomic mass is 10.1. The van der Waals surface area contributed by atoms with Gasteiger partial charge in [0.25, 0.3) is 5.97 Å². The third-order valence-corrected chi connectivity index (χ3v) is 4.69. The van der Waals surface area contributed by atoms with E-state index >= 15 is 0 Å². The van der Waals surface area contributed by atoms with E-state index in [0.717, 1.165) is 26.3 Å². The summed E-state index contributed by atoms with van der Waals surface area (Å²) >= 11 is 0. The highest BCUT2D eigenvalue weighted by atomic mass is 31.2. The Balaban J connectivity index is -0.000000184. The van der Waals surface area contributed by atoms with Gasteiger partial charge in [0.05, 0.1) is 12.3 Å². The molecule has 0 aromatic heterocycles. The predicted molar refractivity (Wildman–Crippen MR) is 110 cm³/mol. The number of rotatable bonds is 6. The van der Waals surface area contributed by atoms with E-state index in [0.29, 0.717) is 12.5 Å². The number of allylic oxidation sites excluding steroid dienone is 1. The largest absolute Gasteiger partial charge is 0.481 e. The number of hydrogen-bond donors (Lipinski definition) is 3. The molecule has 26 heavy (non-hydrogen) atoms. The zero-order chi connectivity index (χ0) is 21.6. The molecule has 1 fully saturated rings. The Labute approximate surface area is 160 Å². The normalized spacial score (nSPS) is 16.0. The average molecular weight is 400 g/mol. The molecule has 7 nitrogen and oxygen atoms in total. The molecule has 0 spiro atoms. The van der Waals surface area contributed by atoms with Crippen LogP contribution in [-0.2, 0) is 18.4 Å². The van der Waals surface area contributed by atoms with Crippen molar-refractivity contribution in [2.24, 2.45) is 0 Å². The molecule has 2 unspecified atom stereocenters. The maximum Gasteiger partial charge on any atom is 0.332 e. The van der Waals surface area contributed by atoms with Gasteiger partial charge in [0, 0.05) is 27.2 Å². The van der Waals surface area contributed by atoms with Gasteiger partial charge in [0.2, 0.25) is 0 Å². The Morgan fingerprint density at radius 2 is 1.69 bits per heavy atom. The zero-order valence-corrected chi connectivity index (χ0v) is 18.8. The topological polar surface area (TPSA) is 105 Å². The quantitative estimate of drug-likeness (QED) is 0.451. The molecule has 1 aliphatic heterocycles. The van der Waals surface area contributed by atoms with Crippen molar-refractivity contribution >= 4 is 13.6 Å². The van der Waals surface area contributed by atoms with Crippen LogP contribution in [0.4, 0.5) is 0 Å². The van der Waals surface area contributed by atoms with Crippen LogP contribution in [0.15, 0.2) is 12.7 Å². The van der Waals surface area contributed by atoms with Crippen molar-refractivity contribution in [3.63, 3.8) is 0 Å². The molecular weight excluding hydrogens is 357 g/mol. The fourth-order valence-corrected chi connectivity index (χ4v) is 2.96. The zero-order valence-electron chi connectivity index (χ0n) is 17.9. The summed E-state index contributed by atoms with van der Waals surface area (Å²) in [6, 6.07) is 0.335. The lowest BCUT2D eigenvalue weighted by Crippen LogP contribution is -2.28. The minimum Gasteiger partial charge on any atom is -0.481 e. The van der Waals surface area contributed by atoms with Crippen LogP contribution in [0.5, 0.6) is 0 Å². The molecule has 0 radical (unpaired) electrons. The van der Waals surface area contributed by atoms with Gasteiger partial charge in [0.1, 0.15) is 0 Å². The predicted octanol–water partition coefficient (Wildman–Crippen LogP) is 4.31. The van der Waals surface area contributed by atoms with E-state index in [1.54, 1.807) is 6.08 Å². The number of aliphatic hydroxyl groups excluding tert-OH is 1. The first-order chi connectivity index (χ1) is 12.2. The van der Waals surface area contributed by atoms with Gasteiger partial charge in [-0.3, -0.25) is 9.36 Å². The Hall–Kier alpha value is -0.720. The molecule has 1 saturated heterocycles. The van der Waals surface area contributed by atoms with E-state index in [4.69, 9.17) is 18.9 Å². The molecule has 0 amide bonds. The molecule has 2 atom stereocenters. The third-order valence-electron chi connectivity index (χ3n) is 2.71. The SMILES string of the molecule is C=CC.CC.CC.CC(=O)O.COP(=O)(CC(O)CC1CCCN1)OC. The summed E-state index contributed by atoms with van der Waals surface area (Å²) in [5.41, 5.74) is 0. The van der Waals surface area contributed by atoms with Crippen LogP contribution in [-0.4, -0.2) is 55.3 Å². The molecule has 3 N–H and O–H groups in total. The number of aliphatic carboxylic acids is 1. The van der Waals surface area contributed by atoms with Gasteiger partial charge in [-0.15, -0.1) is 6.58 Å². The monoisotopic (exact) mass is 399 g/mol. The van der Waals surface area contributed by atoms with Gasteiger partial charge in [-0.2, -0.15) is 0 Å². The summed E-state index contributed by atoms with van der Waals surface area (Å²) in [6.45, 7) is 15.3. The third kappa shape index (κ3) is 25.5. The molecule has 1 aliphatic rings. The van der Waals surface area contributed by atoms with Gasteiger partial charge in [-0.05, 0) is 32.7 Å². The van der Waals surface area contributed by atoms with Crippen molar-refractivity contribution in [3.05, 3.63) is 12.7 Å². The van der Waals surface area contributed by atoms with Crippen molar-refractivity contribution in [1.82, 2.24) is 5.32 Å². The first kappa shape index (κ1) is 32.9. The molecule has 0 aromatic rings. The molecule has 0 aliphatic carbocycles. The molecule has 1 rings (SSSR count).